The Hall–Kier alpha value is -2.43. The summed E-state index contributed by atoms with van der Waals surface area (Å²) in [6.07, 6.45) is 1.08. The van der Waals surface area contributed by atoms with Crippen LogP contribution >= 0.6 is 11.7 Å². The van der Waals surface area contributed by atoms with E-state index in [0.717, 1.165) is 11.7 Å². The third-order valence-corrected chi connectivity index (χ3v) is 7.19. The van der Waals surface area contributed by atoms with Gasteiger partial charge in [0.25, 0.3) is 0 Å². The smallest absolute Gasteiger partial charge is 0.245 e. The number of fused-ring (bicyclic) bond motifs is 1. The van der Waals surface area contributed by atoms with Crippen molar-refractivity contribution < 1.29 is 17.6 Å². The molecule has 0 unspecified atom stereocenters. The molecule has 0 spiro atoms. The van der Waals surface area contributed by atoms with Crippen molar-refractivity contribution in [3.05, 3.63) is 48.3 Å². The zero-order valence-corrected chi connectivity index (χ0v) is 16.3. The molecular weight excluding hydrogens is 403 g/mol. The van der Waals surface area contributed by atoms with Crippen molar-refractivity contribution in [2.75, 3.05) is 18.4 Å². The van der Waals surface area contributed by atoms with E-state index < -0.39 is 27.7 Å². The van der Waals surface area contributed by atoms with Gasteiger partial charge in [-0.05, 0) is 37.1 Å². The van der Waals surface area contributed by atoms with Gasteiger partial charge in [-0.3, -0.25) is 4.79 Å². The van der Waals surface area contributed by atoms with Crippen LogP contribution in [0.25, 0.3) is 11.0 Å². The van der Waals surface area contributed by atoms with Gasteiger partial charge in [0.2, 0.25) is 15.9 Å². The number of nitrogens with one attached hydrogen (secondary N) is 1. The zero-order valence-electron chi connectivity index (χ0n) is 14.7. The number of anilines is 1. The number of halogens is 1. The summed E-state index contributed by atoms with van der Waals surface area (Å²) >= 11 is 0.955. The molecule has 0 radical (unpaired) electrons. The first-order valence-electron chi connectivity index (χ1n) is 8.73. The summed E-state index contributed by atoms with van der Waals surface area (Å²) in [6, 6.07) is 10.7. The van der Waals surface area contributed by atoms with Crippen LogP contribution in [0.3, 0.4) is 0 Å². The Kier molecular flexibility index (Phi) is 5.09. The van der Waals surface area contributed by atoms with Crippen molar-refractivity contribution >= 4 is 44.4 Å². The lowest BCUT2D eigenvalue weighted by atomic mass is 9.98. The molecule has 146 valence electrons. The Balaban J connectivity index is 1.55. The van der Waals surface area contributed by atoms with Crippen molar-refractivity contribution in [1.29, 1.82) is 0 Å². The van der Waals surface area contributed by atoms with E-state index in [1.54, 1.807) is 18.2 Å². The number of carbonyl (C=O) groups is 1. The summed E-state index contributed by atoms with van der Waals surface area (Å²) in [7, 11) is -3.82. The van der Waals surface area contributed by atoms with Gasteiger partial charge >= 0.3 is 0 Å². The van der Waals surface area contributed by atoms with E-state index in [4.69, 9.17) is 0 Å². The van der Waals surface area contributed by atoms with Crippen LogP contribution in [-0.4, -0.2) is 40.5 Å². The molecule has 1 amide bonds. The fourth-order valence-corrected chi connectivity index (χ4v) is 5.58. The second-order valence-corrected chi connectivity index (χ2v) is 8.99. The van der Waals surface area contributed by atoms with Crippen LogP contribution in [0.15, 0.2) is 47.4 Å². The molecule has 1 saturated heterocycles. The lowest BCUT2D eigenvalue weighted by Gasteiger charge is -2.31. The van der Waals surface area contributed by atoms with Gasteiger partial charge in [0.1, 0.15) is 21.7 Å². The number of para-hydroxylation sites is 1. The van der Waals surface area contributed by atoms with Gasteiger partial charge in [0, 0.05) is 13.1 Å². The van der Waals surface area contributed by atoms with Gasteiger partial charge in [-0.25, -0.2) is 12.8 Å². The van der Waals surface area contributed by atoms with E-state index in [9.17, 15) is 17.6 Å². The predicted octanol–water partition coefficient (Wildman–Crippen LogP) is 2.87. The lowest BCUT2D eigenvalue weighted by molar-refractivity contribution is -0.120. The van der Waals surface area contributed by atoms with E-state index in [0.29, 0.717) is 30.4 Å². The Morgan fingerprint density at radius 3 is 2.82 bits per heavy atom. The van der Waals surface area contributed by atoms with Crippen LogP contribution in [0.5, 0.6) is 0 Å². The largest absolute Gasteiger partial charge is 0.323 e. The minimum absolute atomic E-state index is 0.0383. The van der Waals surface area contributed by atoms with Crippen LogP contribution in [-0.2, 0) is 14.8 Å². The highest BCUT2D eigenvalue weighted by Crippen LogP contribution is 2.28. The Bertz CT molecular complexity index is 1130. The van der Waals surface area contributed by atoms with E-state index in [2.05, 4.69) is 14.1 Å². The van der Waals surface area contributed by atoms with E-state index in [-0.39, 0.29) is 17.1 Å². The molecule has 7 nitrogen and oxygen atoms in total. The molecule has 1 N–H and O–H groups in total. The maximum Gasteiger partial charge on any atom is 0.245 e. The third-order valence-electron chi connectivity index (χ3n) is 4.75. The molecule has 1 atom stereocenters. The summed E-state index contributed by atoms with van der Waals surface area (Å²) < 4.78 is 49.6. The van der Waals surface area contributed by atoms with Crippen LogP contribution in [0.2, 0.25) is 0 Å². The first-order valence-corrected chi connectivity index (χ1v) is 10.9. The molecule has 2 heterocycles. The summed E-state index contributed by atoms with van der Waals surface area (Å²) in [5, 5.41) is 2.56. The highest BCUT2D eigenvalue weighted by Gasteiger charge is 2.34. The summed E-state index contributed by atoms with van der Waals surface area (Å²) in [5.41, 5.74) is 0.952. The average Bonchev–Trinajstić information content (AvgIpc) is 3.18. The molecule has 10 heteroatoms. The molecule has 0 aliphatic carbocycles. The normalized spacial score (nSPS) is 18.2. The Morgan fingerprint density at radius 2 is 2.00 bits per heavy atom. The van der Waals surface area contributed by atoms with Gasteiger partial charge in [-0.1, -0.05) is 18.2 Å². The second kappa shape index (κ2) is 7.53. The summed E-state index contributed by atoms with van der Waals surface area (Å²) in [4.78, 5) is 12.7. The number of carbonyl (C=O) groups excluding carboxylic acids is 1. The van der Waals surface area contributed by atoms with Crippen molar-refractivity contribution in [1.82, 2.24) is 13.1 Å². The lowest BCUT2D eigenvalue weighted by Crippen LogP contribution is -2.43. The van der Waals surface area contributed by atoms with Crippen molar-refractivity contribution in [3.8, 4) is 0 Å². The van der Waals surface area contributed by atoms with Crippen molar-refractivity contribution in [2.45, 2.75) is 17.7 Å². The molecule has 1 aromatic heterocycles. The molecular formula is C18H17FN4O3S2. The minimum atomic E-state index is -3.82. The van der Waals surface area contributed by atoms with Crippen LogP contribution in [0.1, 0.15) is 12.8 Å². The molecule has 0 saturated carbocycles. The standard InChI is InChI=1S/C18H17FN4O3S2/c19-13-6-1-2-7-14(13)20-18(24)12-5-4-10-23(11-12)28(25,26)16-9-3-8-15-17(16)22-27-21-15/h1-3,6-9,12H,4-5,10-11H2,(H,20,24)/t12-/m1/s1. The average molecular weight is 420 g/mol. The van der Waals surface area contributed by atoms with Gasteiger partial charge in [-0.15, -0.1) is 0 Å². The van der Waals surface area contributed by atoms with E-state index >= 15 is 0 Å². The van der Waals surface area contributed by atoms with Crippen molar-refractivity contribution in [2.24, 2.45) is 5.92 Å². The number of nitrogens with zero attached hydrogens (tertiary/aromatic N) is 3. The number of sulfonamides is 1. The fraction of sp³-hybridized carbons (Fsp3) is 0.278. The third kappa shape index (κ3) is 3.50. The molecule has 1 fully saturated rings. The number of benzene rings is 2. The van der Waals surface area contributed by atoms with E-state index in [1.165, 1.54) is 28.6 Å². The number of piperidine rings is 1. The molecule has 28 heavy (non-hydrogen) atoms. The maximum atomic E-state index is 13.8. The Labute approximate surface area is 165 Å². The number of rotatable bonds is 4. The molecule has 1 aliphatic rings. The molecule has 4 rings (SSSR count). The van der Waals surface area contributed by atoms with Gasteiger partial charge in [-0.2, -0.15) is 13.1 Å². The SMILES string of the molecule is O=C(Nc1ccccc1F)[C@@H]1CCCN(S(=O)(=O)c2cccc3nsnc23)C1. The quantitative estimate of drug-likeness (QED) is 0.701. The van der Waals surface area contributed by atoms with Gasteiger partial charge in [0.15, 0.2) is 0 Å². The topological polar surface area (TPSA) is 92.3 Å². The first kappa shape index (κ1) is 18.9. The van der Waals surface area contributed by atoms with Crippen molar-refractivity contribution in [3.63, 3.8) is 0 Å². The number of amides is 1. The molecule has 3 aromatic rings. The van der Waals surface area contributed by atoms with E-state index in [1.807, 2.05) is 0 Å². The monoisotopic (exact) mass is 420 g/mol. The number of aromatic nitrogens is 2. The predicted molar refractivity (Wildman–Crippen MR) is 104 cm³/mol. The highest BCUT2D eigenvalue weighted by molar-refractivity contribution is 7.89. The summed E-state index contributed by atoms with van der Waals surface area (Å²) in [6.45, 7) is 0.357. The van der Waals surface area contributed by atoms with Crippen LogP contribution < -0.4 is 5.32 Å². The molecule has 2 aromatic carbocycles. The van der Waals surface area contributed by atoms with Gasteiger partial charge < -0.3 is 5.32 Å². The molecule has 1 aliphatic heterocycles. The van der Waals surface area contributed by atoms with Gasteiger partial charge in [0.05, 0.1) is 23.3 Å². The molecule has 0 bridgehead atoms. The first-order chi connectivity index (χ1) is 13.5. The zero-order chi connectivity index (χ0) is 19.7. The highest BCUT2D eigenvalue weighted by atomic mass is 32.2. The fourth-order valence-electron chi connectivity index (χ4n) is 3.30. The number of hydrogen-bond donors (Lipinski definition) is 1. The minimum Gasteiger partial charge on any atom is -0.323 e. The maximum absolute atomic E-state index is 13.8. The summed E-state index contributed by atoms with van der Waals surface area (Å²) in [5.74, 6) is -1.48. The number of hydrogen-bond acceptors (Lipinski definition) is 6. The Morgan fingerprint density at radius 1 is 1.18 bits per heavy atom. The second-order valence-electron chi connectivity index (χ2n) is 6.56. The van der Waals surface area contributed by atoms with Crippen LogP contribution in [0, 0.1) is 11.7 Å². The van der Waals surface area contributed by atoms with Crippen LogP contribution in [0.4, 0.5) is 10.1 Å².